The highest BCUT2D eigenvalue weighted by atomic mass is 16.7. The van der Waals surface area contributed by atoms with E-state index in [1.807, 2.05) is 134 Å². The van der Waals surface area contributed by atoms with Crippen molar-refractivity contribution in [2.75, 3.05) is 19.8 Å². The minimum absolute atomic E-state index is 0.225. The molecule has 0 bridgehead atoms. The van der Waals surface area contributed by atoms with E-state index < -0.39 is 215 Å². The Hall–Kier alpha value is -6.66. The minimum atomic E-state index is -1.92. The van der Waals surface area contributed by atoms with Crippen LogP contribution in [0.3, 0.4) is 0 Å². The lowest BCUT2D eigenvalue weighted by Gasteiger charge is -2.45. The third-order valence-electron chi connectivity index (χ3n) is 18.3. The summed E-state index contributed by atoms with van der Waals surface area (Å²) in [6, 6.07) is 0. The highest BCUT2D eigenvalue weighted by Crippen LogP contribution is 2.43. The van der Waals surface area contributed by atoms with Crippen molar-refractivity contribution in [1.29, 1.82) is 0 Å². The molecule has 13 N–H and O–H groups in total. The van der Waals surface area contributed by atoms with Crippen LogP contribution in [0, 0.1) is 10.8 Å². The smallest absolute Gasteiger partial charge is 0.307 e. The normalized spacial score (nSPS) is 34.4. The van der Waals surface area contributed by atoms with Crippen LogP contribution in [0.25, 0.3) is 0 Å². The zero-order valence-corrected chi connectivity index (χ0v) is 60.6. The number of Topliss-reactive ketones (excluding diaryl/α,β-unsaturated/α-hetero) is 2. The van der Waals surface area contributed by atoms with Gasteiger partial charge in [-0.2, -0.15) is 0 Å². The SMILES string of the molecule is C=C(C)/C=C/C=C(C)/C=C/C1=C(C)C(=O)C(OC(=O)CCC(=O)OCC2OC(O)C(O)C(O)C2OC2OC(CO)C(O)C(O)C2O)CC1(C)C.C=C/C=C/C=C(C)/C=C/C=C(C)/C=C/C1=C(C)C(=O)C(OC(=O)CCC(=O)OCC2OC(O)C(O)C(O)C2OC2OC(CC)C(O)C(O)C2O)CC1(C)C. The highest BCUT2D eigenvalue weighted by Gasteiger charge is 2.53. The summed E-state index contributed by atoms with van der Waals surface area (Å²) < 4.78 is 53.9. The van der Waals surface area contributed by atoms with Gasteiger partial charge in [-0.1, -0.05) is 155 Å². The van der Waals surface area contributed by atoms with Crippen molar-refractivity contribution in [3.05, 3.63) is 143 Å². The Balaban J connectivity index is 0.000000375. The van der Waals surface area contributed by atoms with Crippen LogP contribution in [-0.4, -0.2) is 257 Å². The number of esters is 4. The number of aliphatic hydroxyl groups is 13. The Bertz CT molecular complexity index is 3310. The Morgan fingerprint density at radius 3 is 1.25 bits per heavy atom. The van der Waals surface area contributed by atoms with Gasteiger partial charge >= 0.3 is 23.9 Å². The van der Waals surface area contributed by atoms with Crippen molar-refractivity contribution in [2.45, 2.75) is 256 Å². The van der Waals surface area contributed by atoms with E-state index in [0.29, 0.717) is 11.1 Å². The van der Waals surface area contributed by atoms with Crippen LogP contribution in [0.4, 0.5) is 0 Å². The largest absolute Gasteiger partial charge is 0.463 e. The molecule has 0 aromatic rings. The molecule has 0 aromatic carbocycles. The molecule has 2 aliphatic carbocycles. The molecule has 6 rings (SSSR count). The fourth-order valence-corrected chi connectivity index (χ4v) is 12.2. The molecule has 580 valence electrons. The van der Waals surface area contributed by atoms with E-state index in [9.17, 15) is 95.2 Å². The van der Waals surface area contributed by atoms with Crippen molar-refractivity contribution in [1.82, 2.24) is 0 Å². The second kappa shape index (κ2) is 40.3. The maximum atomic E-state index is 13.3. The molecule has 29 heteroatoms. The molecule has 4 aliphatic heterocycles. The third-order valence-corrected chi connectivity index (χ3v) is 18.3. The molecule has 0 amide bonds. The first-order chi connectivity index (χ1) is 48.8. The number of hydrogen-bond acceptors (Lipinski definition) is 29. The van der Waals surface area contributed by atoms with Gasteiger partial charge in [-0.3, -0.25) is 28.8 Å². The minimum Gasteiger partial charge on any atom is -0.463 e. The fourth-order valence-electron chi connectivity index (χ4n) is 12.2. The molecule has 22 atom stereocenters. The number of rotatable bonds is 28. The molecule has 0 radical (unpaired) electrons. The molecule has 0 spiro atoms. The van der Waals surface area contributed by atoms with Gasteiger partial charge < -0.3 is 114 Å². The molecule has 6 aliphatic rings. The monoisotopic (exact) mass is 1470 g/mol. The van der Waals surface area contributed by atoms with E-state index in [4.69, 9.17) is 47.4 Å². The van der Waals surface area contributed by atoms with E-state index in [1.54, 1.807) is 26.8 Å². The van der Waals surface area contributed by atoms with Crippen molar-refractivity contribution in [2.24, 2.45) is 10.8 Å². The lowest BCUT2D eigenvalue weighted by molar-refractivity contribution is -0.355. The quantitative estimate of drug-likeness (QED) is 0.0303. The van der Waals surface area contributed by atoms with E-state index in [-0.39, 0.29) is 30.8 Å². The summed E-state index contributed by atoms with van der Waals surface area (Å²) in [5, 5.41) is 132. The topological polar surface area (TPSA) is 458 Å². The summed E-state index contributed by atoms with van der Waals surface area (Å²) in [6.07, 6.45) is -9.49. The Morgan fingerprint density at radius 1 is 0.481 bits per heavy atom. The van der Waals surface area contributed by atoms with Gasteiger partial charge in [-0.25, -0.2) is 0 Å². The molecule has 22 unspecified atom stereocenters. The van der Waals surface area contributed by atoms with Gasteiger partial charge in [-0.15, -0.1) is 0 Å². The van der Waals surface area contributed by atoms with Gasteiger partial charge in [0.2, 0.25) is 0 Å². The van der Waals surface area contributed by atoms with Gasteiger partial charge in [0.25, 0.3) is 0 Å². The zero-order valence-electron chi connectivity index (χ0n) is 60.6. The summed E-state index contributed by atoms with van der Waals surface area (Å²) in [5.41, 5.74) is 5.46. The Labute approximate surface area is 605 Å². The molecule has 4 fully saturated rings. The van der Waals surface area contributed by atoms with Crippen molar-refractivity contribution >= 4 is 35.4 Å². The average Bonchev–Trinajstić information content (AvgIpc) is 0.797. The van der Waals surface area contributed by atoms with E-state index in [0.717, 1.165) is 33.4 Å². The number of ether oxygens (including phenoxy) is 10. The van der Waals surface area contributed by atoms with Crippen LogP contribution >= 0.6 is 0 Å². The van der Waals surface area contributed by atoms with Gasteiger partial charge in [0.15, 0.2) is 48.9 Å². The number of hydrogen-bond donors (Lipinski definition) is 13. The number of carbonyl (C=O) groups is 6. The van der Waals surface area contributed by atoms with Gasteiger partial charge in [0.05, 0.1) is 38.4 Å². The average molecular weight is 1470 g/mol. The zero-order chi connectivity index (χ0) is 77.8. The number of ketones is 2. The molecular formula is C75H106O29. The van der Waals surface area contributed by atoms with Crippen molar-refractivity contribution in [3.8, 4) is 0 Å². The number of carbonyl (C=O) groups excluding carboxylic acids is 6. The van der Waals surface area contributed by atoms with Crippen LogP contribution in [0.5, 0.6) is 0 Å². The summed E-state index contributed by atoms with van der Waals surface area (Å²) in [4.78, 5) is 77.1. The molecule has 0 saturated carbocycles. The first-order valence-electron chi connectivity index (χ1n) is 34.4. The van der Waals surface area contributed by atoms with Crippen LogP contribution in [-0.2, 0) is 76.1 Å². The molecule has 29 nitrogen and oxygen atoms in total. The Morgan fingerprint density at radius 2 is 0.856 bits per heavy atom. The summed E-state index contributed by atoms with van der Waals surface area (Å²) in [5.74, 6) is -4.07. The molecular weight excluding hydrogens is 1360 g/mol. The van der Waals surface area contributed by atoms with E-state index in [1.165, 1.54) is 0 Å². The number of allylic oxidation sites excluding steroid dienone is 20. The van der Waals surface area contributed by atoms with E-state index in [2.05, 4.69) is 13.2 Å². The van der Waals surface area contributed by atoms with Crippen LogP contribution < -0.4 is 0 Å². The third kappa shape index (κ3) is 24.4. The van der Waals surface area contributed by atoms with Gasteiger partial charge in [0.1, 0.15) is 105 Å². The molecule has 4 saturated heterocycles. The second-order valence-electron chi connectivity index (χ2n) is 27.8. The van der Waals surface area contributed by atoms with Gasteiger partial charge in [-0.05, 0) is 81.1 Å². The molecule has 104 heavy (non-hydrogen) atoms. The van der Waals surface area contributed by atoms with Crippen LogP contribution in [0.2, 0.25) is 0 Å². The molecule has 4 heterocycles. The lowest BCUT2D eigenvalue weighted by atomic mass is 9.71. The van der Waals surface area contributed by atoms with Crippen molar-refractivity contribution < 1.29 is 143 Å². The van der Waals surface area contributed by atoms with Crippen molar-refractivity contribution in [3.63, 3.8) is 0 Å². The summed E-state index contributed by atoms with van der Waals surface area (Å²) in [6.45, 7) is 26.0. The number of aliphatic hydroxyl groups excluding tert-OH is 13. The standard InChI is InChI=1S/C40H56O14.C35H50O15/c1-8-10-11-13-22(3)14-12-15-23(4)16-17-25-24(5)31(43)27(20-40(25,6)7)51-30(42)19-18-29(41)50-21-28-37(34(46)35(47)38(49)52-28)54-39-36(48)33(45)32(44)26(9-2)53-39;1-17(2)8-7-9-18(3)10-11-20-19(4)26(39)21(14-35(20,5)6)47-25(38)13-12-24(37)46-16-23-32(29(42)30(43)33(45)48-23)50-34-31(44)28(41)27(40)22(15-36)49-34/h8,10-17,26-28,32-39,44-49H,1,9,18-21H2,2-7H3;7-11,21-23,27-34,36,40-45H,1,12-16H2,2-6H3/b11-10+,14-12+,17-16+,22-13+,23-15+;8-7+,11-10+,18-9+. The first kappa shape index (κ1) is 88.0. The maximum absolute atomic E-state index is 13.3. The Kier molecular flexibility index (Phi) is 34.1. The maximum Gasteiger partial charge on any atom is 0.307 e. The van der Waals surface area contributed by atoms with Crippen LogP contribution in [0.15, 0.2) is 143 Å². The highest BCUT2D eigenvalue weighted by molar-refractivity contribution is 6.02. The first-order valence-corrected chi connectivity index (χ1v) is 34.4. The second-order valence-corrected chi connectivity index (χ2v) is 27.8. The predicted octanol–water partition coefficient (Wildman–Crippen LogP) is 2.12. The fraction of sp³-hybridized carbons (Fsp3) is 0.600. The predicted molar refractivity (Wildman–Crippen MR) is 371 cm³/mol. The van der Waals surface area contributed by atoms with E-state index >= 15 is 0 Å². The molecule has 0 aromatic heterocycles. The van der Waals surface area contributed by atoms with Crippen LogP contribution in [0.1, 0.15) is 121 Å². The summed E-state index contributed by atoms with van der Waals surface area (Å²) >= 11 is 0. The van der Waals surface area contributed by atoms with Gasteiger partial charge in [0, 0.05) is 12.8 Å². The summed E-state index contributed by atoms with van der Waals surface area (Å²) in [7, 11) is 0. The lowest BCUT2D eigenvalue weighted by Crippen LogP contribution is -2.64.